The molecule has 0 bridgehead atoms. The lowest BCUT2D eigenvalue weighted by molar-refractivity contribution is 0.171. The number of benzene rings is 2. The molecule has 0 aliphatic carbocycles. The molecule has 0 fully saturated rings. The fourth-order valence-corrected chi connectivity index (χ4v) is 2.52. The average Bonchev–Trinajstić information content (AvgIpc) is 2.53. The lowest BCUT2D eigenvalue weighted by atomic mass is 9.95. The van der Waals surface area contributed by atoms with Crippen molar-refractivity contribution < 1.29 is 13.9 Å². The van der Waals surface area contributed by atoms with Crippen LogP contribution in [0.5, 0.6) is 11.5 Å². The van der Waals surface area contributed by atoms with Crippen LogP contribution < -0.4 is 14.8 Å². The van der Waals surface area contributed by atoms with E-state index in [1.165, 1.54) is 6.07 Å². The summed E-state index contributed by atoms with van der Waals surface area (Å²) in [6.07, 6.45) is 0. The van der Waals surface area contributed by atoms with E-state index in [0.717, 1.165) is 22.4 Å². The van der Waals surface area contributed by atoms with Gasteiger partial charge in [-0.3, -0.25) is 0 Å². The highest BCUT2D eigenvalue weighted by molar-refractivity contribution is 5.71. The van der Waals surface area contributed by atoms with Crippen molar-refractivity contribution in [1.82, 2.24) is 5.32 Å². The largest absolute Gasteiger partial charge is 0.486 e. The molecule has 0 saturated carbocycles. The molecule has 2 aromatic rings. The lowest BCUT2D eigenvalue weighted by Gasteiger charge is -2.20. The minimum absolute atomic E-state index is 0.133. The molecule has 0 saturated heterocycles. The van der Waals surface area contributed by atoms with Crippen LogP contribution in [0.4, 0.5) is 4.39 Å². The molecule has 1 aliphatic rings. The second-order valence-corrected chi connectivity index (χ2v) is 5.10. The van der Waals surface area contributed by atoms with Gasteiger partial charge in [0.25, 0.3) is 0 Å². The number of fused-ring (bicyclic) bond motifs is 1. The van der Waals surface area contributed by atoms with Crippen LogP contribution in [0.1, 0.15) is 18.5 Å². The SMILES string of the molecule is CNC(C)c1ccc(F)cc1-c1ccc2c(c1)OCCO2. The summed E-state index contributed by atoms with van der Waals surface area (Å²) in [5.41, 5.74) is 2.85. The normalized spacial score (nSPS) is 14.8. The summed E-state index contributed by atoms with van der Waals surface area (Å²) in [7, 11) is 1.89. The first-order valence-corrected chi connectivity index (χ1v) is 7.06. The van der Waals surface area contributed by atoms with Gasteiger partial charge >= 0.3 is 0 Å². The second kappa shape index (κ2) is 5.74. The summed E-state index contributed by atoms with van der Waals surface area (Å²) >= 11 is 0. The van der Waals surface area contributed by atoms with Gasteiger partial charge in [-0.15, -0.1) is 0 Å². The van der Waals surface area contributed by atoms with Crippen LogP contribution in [-0.4, -0.2) is 20.3 Å². The Morgan fingerprint density at radius 2 is 1.81 bits per heavy atom. The molecule has 21 heavy (non-hydrogen) atoms. The summed E-state index contributed by atoms with van der Waals surface area (Å²) in [5.74, 6) is 1.21. The summed E-state index contributed by atoms with van der Waals surface area (Å²) in [6, 6.07) is 10.7. The molecule has 4 heteroatoms. The van der Waals surface area contributed by atoms with Crippen LogP contribution in [0, 0.1) is 5.82 Å². The molecule has 110 valence electrons. The van der Waals surface area contributed by atoms with Gasteiger partial charge in [-0.05, 0) is 54.9 Å². The molecule has 0 aromatic heterocycles. The van der Waals surface area contributed by atoms with Gasteiger partial charge in [-0.25, -0.2) is 4.39 Å². The smallest absolute Gasteiger partial charge is 0.161 e. The molecule has 0 spiro atoms. The quantitative estimate of drug-likeness (QED) is 0.936. The van der Waals surface area contributed by atoms with Crippen molar-refractivity contribution in [3.05, 3.63) is 47.8 Å². The Hall–Kier alpha value is -2.07. The van der Waals surface area contributed by atoms with Crippen molar-refractivity contribution in [1.29, 1.82) is 0 Å². The van der Waals surface area contributed by atoms with E-state index in [0.29, 0.717) is 19.0 Å². The van der Waals surface area contributed by atoms with Gasteiger partial charge in [0.2, 0.25) is 0 Å². The van der Waals surface area contributed by atoms with E-state index in [1.54, 1.807) is 6.07 Å². The maximum Gasteiger partial charge on any atom is 0.161 e. The molecule has 1 atom stereocenters. The van der Waals surface area contributed by atoms with Crippen LogP contribution in [0.25, 0.3) is 11.1 Å². The number of hydrogen-bond donors (Lipinski definition) is 1. The molecule has 2 aromatic carbocycles. The van der Waals surface area contributed by atoms with Crippen LogP contribution >= 0.6 is 0 Å². The zero-order valence-corrected chi connectivity index (χ0v) is 12.2. The second-order valence-electron chi connectivity index (χ2n) is 5.10. The Balaban J connectivity index is 2.09. The first kappa shape index (κ1) is 13.9. The number of nitrogens with one attached hydrogen (secondary N) is 1. The van der Waals surface area contributed by atoms with Crippen molar-refractivity contribution in [2.75, 3.05) is 20.3 Å². The maximum atomic E-state index is 13.7. The van der Waals surface area contributed by atoms with E-state index < -0.39 is 0 Å². The van der Waals surface area contributed by atoms with Crippen LogP contribution in [0.2, 0.25) is 0 Å². The first-order valence-electron chi connectivity index (χ1n) is 7.06. The van der Waals surface area contributed by atoms with Crippen LogP contribution in [-0.2, 0) is 0 Å². The van der Waals surface area contributed by atoms with Gasteiger partial charge in [-0.2, -0.15) is 0 Å². The zero-order chi connectivity index (χ0) is 14.8. The van der Waals surface area contributed by atoms with Crippen LogP contribution in [0.3, 0.4) is 0 Å². The van der Waals surface area contributed by atoms with E-state index >= 15 is 0 Å². The molecule has 1 heterocycles. The third kappa shape index (κ3) is 2.72. The summed E-state index contributed by atoms with van der Waals surface area (Å²) < 4.78 is 24.8. The van der Waals surface area contributed by atoms with Gasteiger partial charge in [0.15, 0.2) is 11.5 Å². The minimum atomic E-state index is -0.244. The number of rotatable bonds is 3. The maximum absolute atomic E-state index is 13.7. The standard InChI is InChI=1S/C17H18FNO2/c1-11(19-2)14-5-4-13(18)10-15(14)12-3-6-16-17(9-12)21-8-7-20-16/h3-6,9-11,19H,7-8H2,1-2H3. The van der Waals surface area contributed by atoms with Crippen molar-refractivity contribution in [3.8, 4) is 22.6 Å². The lowest BCUT2D eigenvalue weighted by Crippen LogP contribution is -2.15. The number of hydrogen-bond acceptors (Lipinski definition) is 3. The molecule has 1 aliphatic heterocycles. The summed E-state index contributed by atoms with van der Waals surface area (Å²) in [6.45, 7) is 3.16. The Labute approximate surface area is 123 Å². The third-order valence-electron chi connectivity index (χ3n) is 3.77. The van der Waals surface area contributed by atoms with E-state index in [9.17, 15) is 4.39 Å². The van der Waals surface area contributed by atoms with Crippen molar-refractivity contribution in [2.45, 2.75) is 13.0 Å². The number of ether oxygens (including phenoxy) is 2. The molecular formula is C17H18FNO2. The average molecular weight is 287 g/mol. The molecule has 3 rings (SSSR count). The van der Waals surface area contributed by atoms with Gasteiger partial charge in [0.1, 0.15) is 19.0 Å². The Bertz CT molecular complexity index is 657. The third-order valence-corrected chi connectivity index (χ3v) is 3.77. The first-order chi connectivity index (χ1) is 10.2. The Kier molecular flexibility index (Phi) is 3.80. The van der Waals surface area contributed by atoms with Gasteiger partial charge in [0.05, 0.1) is 0 Å². The summed E-state index contributed by atoms with van der Waals surface area (Å²) in [4.78, 5) is 0. The minimum Gasteiger partial charge on any atom is -0.486 e. The van der Waals surface area contributed by atoms with E-state index in [1.807, 2.05) is 31.3 Å². The monoisotopic (exact) mass is 287 g/mol. The molecule has 1 unspecified atom stereocenters. The van der Waals surface area contributed by atoms with Gasteiger partial charge in [-0.1, -0.05) is 12.1 Å². The highest BCUT2D eigenvalue weighted by atomic mass is 19.1. The molecule has 0 radical (unpaired) electrons. The van der Waals surface area contributed by atoms with Gasteiger partial charge < -0.3 is 14.8 Å². The van der Waals surface area contributed by atoms with Crippen molar-refractivity contribution in [2.24, 2.45) is 0 Å². The van der Waals surface area contributed by atoms with Crippen molar-refractivity contribution in [3.63, 3.8) is 0 Å². The zero-order valence-electron chi connectivity index (χ0n) is 12.2. The molecule has 3 nitrogen and oxygen atoms in total. The summed E-state index contributed by atoms with van der Waals surface area (Å²) in [5, 5.41) is 3.19. The fourth-order valence-electron chi connectivity index (χ4n) is 2.52. The van der Waals surface area contributed by atoms with Gasteiger partial charge in [0, 0.05) is 6.04 Å². The molecule has 0 amide bonds. The predicted octanol–water partition coefficient (Wildman–Crippen LogP) is 3.54. The Morgan fingerprint density at radius 1 is 1.05 bits per heavy atom. The molecular weight excluding hydrogens is 269 g/mol. The number of halogens is 1. The Morgan fingerprint density at radius 3 is 2.57 bits per heavy atom. The predicted molar refractivity (Wildman–Crippen MR) is 80.3 cm³/mol. The fraction of sp³-hybridized carbons (Fsp3) is 0.294. The van der Waals surface area contributed by atoms with Crippen LogP contribution in [0.15, 0.2) is 36.4 Å². The molecule has 1 N–H and O–H groups in total. The van der Waals surface area contributed by atoms with E-state index in [-0.39, 0.29) is 11.9 Å². The highest BCUT2D eigenvalue weighted by Gasteiger charge is 2.16. The van der Waals surface area contributed by atoms with E-state index in [2.05, 4.69) is 12.2 Å². The van der Waals surface area contributed by atoms with Crippen molar-refractivity contribution >= 4 is 0 Å². The topological polar surface area (TPSA) is 30.5 Å². The highest BCUT2D eigenvalue weighted by Crippen LogP contribution is 2.37. The van der Waals surface area contributed by atoms with E-state index in [4.69, 9.17) is 9.47 Å².